The van der Waals surface area contributed by atoms with Crippen LogP contribution >= 0.6 is 0 Å². The van der Waals surface area contributed by atoms with Crippen molar-refractivity contribution >= 4 is 33.6 Å². The van der Waals surface area contributed by atoms with E-state index in [1.165, 1.54) is 16.8 Å². The first-order valence-corrected chi connectivity index (χ1v) is 10.3. The number of benzene rings is 3. The van der Waals surface area contributed by atoms with Crippen LogP contribution in [0, 0.1) is 27.2 Å². The van der Waals surface area contributed by atoms with Gasteiger partial charge in [0.15, 0.2) is 0 Å². The molecule has 0 unspecified atom stereocenters. The zero-order valence-corrected chi connectivity index (χ0v) is 17.9. The summed E-state index contributed by atoms with van der Waals surface area (Å²) in [4.78, 5) is 35.7. The molecule has 0 amide bonds. The Labute approximate surface area is 192 Å². The van der Waals surface area contributed by atoms with E-state index >= 15 is 0 Å². The highest BCUT2D eigenvalue weighted by molar-refractivity contribution is 6.21. The van der Waals surface area contributed by atoms with Crippen molar-refractivity contribution in [2.75, 3.05) is 0 Å². The van der Waals surface area contributed by atoms with Crippen LogP contribution in [0.1, 0.15) is 27.2 Å². The van der Waals surface area contributed by atoms with Crippen LogP contribution in [0.5, 0.6) is 0 Å². The third kappa shape index (κ3) is 3.37. The average molecular weight is 455 g/mol. The molecular formula is C24H17N5O5. The highest BCUT2D eigenvalue weighted by Crippen LogP contribution is 2.38. The summed E-state index contributed by atoms with van der Waals surface area (Å²) < 4.78 is 3.06. The van der Waals surface area contributed by atoms with E-state index in [1.807, 2.05) is 37.3 Å². The van der Waals surface area contributed by atoms with Gasteiger partial charge in [-0.1, -0.05) is 60.2 Å². The number of fused-ring (bicyclic) bond motifs is 3. The highest BCUT2D eigenvalue weighted by Gasteiger charge is 2.31. The van der Waals surface area contributed by atoms with Crippen molar-refractivity contribution in [3.05, 3.63) is 116 Å². The molecule has 0 radical (unpaired) electrons. The Kier molecular flexibility index (Phi) is 4.90. The summed E-state index contributed by atoms with van der Waals surface area (Å²) in [7, 11) is 0. The monoisotopic (exact) mass is 455 g/mol. The van der Waals surface area contributed by atoms with Gasteiger partial charge in [0.25, 0.3) is 11.4 Å². The maximum Gasteiger partial charge on any atom is 0.286 e. The van der Waals surface area contributed by atoms with Crippen molar-refractivity contribution in [3.63, 3.8) is 0 Å². The standard InChI is InChI=1S/C24H17N5O5/c1-15-7-9-17(10-8-15)23(30)22-21-19(11-18(28(31)32)12-20(21)29(33)34)24-26(22)14-25-27(24)13-16-5-3-2-4-6-16/h2-12,14H,13H2,1H3. The highest BCUT2D eigenvalue weighted by atomic mass is 16.6. The minimum Gasteiger partial charge on any atom is -0.287 e. The molecule has 0 spiro atoms. The zero-order chi connectivity index (χ0) is 24.0. The lowest BCUT2D eigenvalue weighted by Crippen LogP contribution is -2.06. The fraction of sp³-hybridized carbons (Fsp3) is 0.0833. The van der Waals surface area contributed by atoms with Crippen molar-refractivity contribution in [1.29, 1.82) is 0 Å². The second-order valence-corrected chi connectivity index (χ2v) is 7.91. The largest absolute Gasteiger partial charge is 0.287 e. The molecule has 0 atom stereocenters. The van der Waals surface area contributed by atoms with Crippen LogP contribution in [0.3, 0.4) is 0 Å². The van der Waals surface area contributed by atoms with Gasteiger partial charge in [-0.15, -0.1) is 0 Å². The van der Waals surface area contributed by atoms with Crippen molar-refractivity contribution in [1.82, 2.24) is 14.2 Å². The van der Waals surface area contributed by atoms with Gasteiger partial charge in [-0.2, -0.15) is 5.10 Å². The molecule has 3 aromatic carbocycles. The van der Waals surface area contributed by atoms with Crippen LogP contribution in [0.15, 0.2) is 73.1 Å². The maximum absolute atomic E-state index is 13.6. The predicted molar refractivity (Wildman–Crippen MR) is 124 cm³/mol. The Morgan fingerprint density at radius 1 is 0.971 bits per heavy atom. The maximum atomic E-state index is 13.6. The van der Waals surface area contributed by atoms with Gasteiger partial charge in [0.1, 0.15) is 17.7 Å². The molecule has 168 valence electrons. The van der Waals surface area contributed by atoms with Crippen LogP contribution < -0.4 is 0 Å². The van der Waals surface area contributed by atoms with Crippen LogP contribution in [0.4, 0.5) is 11.4 Å². The molecule has 10 nitrogen and oxygen atoms in total. The zero-order valence-electron chi connectivity index (χ0n) is 17.9. The van der Waals surface area contributed by atoms with Gasteiger partial charge in [-0.3, -0.25) is 29.4 Å². The van der Waals surface area contributed by atoms with E-state index in [4.69, 9.17) is 0 Å². The molecule has 0 aliphatic rings. The quantitative estimate of drug-likeness (QED) is 0.208. The van der Waals surface area contributed by atoms with Crippen molar-refractivity contribution < 1.29 is 14.6 Å². The number of ketones is 1. The van der Waals surface area contributed by atoms with E-state index in [0.29, 0.717) is 17.8 Å². The smallest absolute Gasteiger partial charge is 0.286 e. The van der Waals surface area contributed by atoms with E-state index in [-0.39, 0.29) is 16.5 Å². The van der Waals surface area contributed by atoms with Crippen LogP contribution in [0.2, 0.25) is 0 Å². The summed E-state index contributed by atoms with van der Waals surface area (Å²) in [6.45, 7) is 2.20. The number of carbonyl (C=O) groups is 1. The summed E-state index contributed by atoms with van der Waals surface area (Å²) >= 11 is 0. The molecule has 34 heavy (non-hydrogen) atoms. The molecule has 2 aromatic heterocycles. The molecule has 0 bridgehead atoms. The van der Waals surface area contributed by atoms with Gasteiger partial charge in [-0.25, -0.2) is 4.68 Å². The van der Waals surface area contributed by atoms with Crippen molar-refractivity contribution in [2.45, 2.75) is 13.5 Å². The SMILES string of the molecule is Cc1ccc(C(=O)c2c3c([N+](=O)[O-])cc([N+](=O)[O-])cc3c3n(Cc4ccccc4)ncn23)cc1. The summed E-state index contributed by atoms with van der Waals surface area (Å²) in [6, 6.07) is 18.4. The van der Waals surface area contributed by atoms with Gasteiger partial charge < -0.3 is 0 Å². The number of rotatable bonds is 6. The number of aryl methyl sites for hydroxylation is 1. The number of nitro groups is 2. The van der Waals surface area contributed by atoms with Gasteiger partial charge in [0.2, 0.25) is 5.78 Å². The first-order valence-electron chi connectivity index (χ1n) is 10.3. The van der Waals surface area contributed by atoms with E-state index in [1.54, 1.807) is 28.9 Å². The molecule has 10 heteroatoms. The summed E-state index contributed by atoms with van der Waals surface area (Å²) in [5.41, 5.74) is 1.67. The molecule has 0 saturated heterocycles. The second kappa shape index (κ2) is 7.93. The minimum atomic E-state index is -0.699. The van der Waals surface area contributed by atoms with E-state index < -0.39 is 27.0 Å². The molecule has 2 heterocycles. The Hall–Kier alpha value is -4.86. The Balaban J connectivity index is 1.85. The Bertz CT molecular complexity index is 1600. The number of hydrogen-bond acceptors (Lipinski definition) is 6. The number of nitro benzene ring substituents is 2. The van der Waals surface area contributed by atoms with Gasteiger partial charge in [0, 0.05) is 17.0 Å². The summed E-state index contributed by atoms with van der Waals surface area (Å²) in [5.74, 6) is -0.443. The van der Waals surface area contributed by atoms with Gasteiger partial charge in [0.05, 0.1) is 27.8 Å². The van der Waals surface area contributed by atoms with Gasteiger partial charge >= 0.3 is 0 Å². The van der Waals surface area contributed by atoms with Gasteiger partial charge in [-0.05, 0) is 12.5 Å². The molecule has 0 saturated carbocycles. The lowest BCUT2D eigenvalue weighted by Gasteiger charge is -2.03. The minimum absolute atomic E-state index is 0.0368. The third-order valence-corrected chi connectivity index (χ3v) is 5.71. The number of nitrogens with zero attached hydrogens (tertiary/aromatic N) is 5. The molecule has 5 rings (SSSR count). The topological polar surface area (TPSA) is 126 Å². The Morgan fingerprint density at radius 3 is 2.32 bits per heavy atom. The molecule has 0 aliphatic heterocycles. The molecule has 0 aliphatic carbocycles. The molecule has 0 fully saturated rings. The van der Waals surface area contributed by atoms with Crippen LogP contribution in [0.25, 0.3) is 16.4 Å². The fourth-order valence-corrected chi connectivity index (χ4v) is 4.12. The predicted octanol–water partition coefficient (Wildman–Crippen LogP) is 4.69. The number of hydrogen-bond donors (Lipinski definition) is 0. The molecular weight excluding hydrogens is 438 g/mol. The van der Waals surface area contributed by atoms with Crippen molar-refractivity contribution in [3.8, 4) is 0 Å². The number of non-ortho nitro benzene ring substituents is 2. The summed E-state index contributed by atoms with van der Waals surface area (Å²) in [6.07, 6.45) is 1.41. The number of carbonyl (C=O) groups excluding carboxylic acids is 1. The Morgan fingerprint density at radius 2 is 1.68 bits per heavy atom. The lowest BCUT2D eigenvalue weighted by molar-refractivity contribution is -0.393. The summed E-state index contributed by atoms with van der Waals surface area (Å²) in [5, 5.41) is 28.2. The second-order valence-electron chi connectivity index (χ2n) is 7.91. The first-order chi connectivity index (χ1) is 16.3. The fourth-order valence-electron chi connectivity index (χ4n) is 4.12. The number of aromatic nitrogens is 3. The average Bonchev–Trinajstić information content (AvgIpc) is 3.37. The lowest BCUT2D eigenvalue weighted by atomic mass is 10.0. The van der Waals surface area contributed by atoms with E-state index in [9.17, 15) is 25.0 Å². The van der Waals surface area contributed by atoms with Crippen molar-refractivity contribution in [2.24, 2.45) is 0 Å². The first kappa shape index (κ1) is 21.0. The van der Waals surface area contributed by atoms with Crippen LogP contribution in [-0.2, 0) is 6.54 Å². The molecule has 0 N–H and O–H groups in total. The van der Waals surface area contributed by atoms with E-state index in [0.717, 1.165) is 17.2 Å². The normalized spacial score (nSPS) is 11.2. The van der Waals surface area contributed by atoms with E-state index in [2.05, 4.69) is 5.10 Å². The van der Waals surface area contributed by atoms with Crippen LogP contribution in [-0.4, -0.2) is 29.8 Å². The third-order valence-electron chi connectivity index (χ3n) is 5.71. The molecule has 5 aromatic rings.